The molecule has 3 rings (SSSR count). The van der Waals surface area contributed by atoms with Gasteiger partial charge < -0.3 is 20.4 Å². The molecule has 2 N–H and O–H groups in total. The van der Waals surface area contributed by atoms with Crippen molar-refractivity contribution in [2.45, 2.75) is 52.6 Å². The van der Waals surface area contributed by atoms with Crippen LogP contribution < -0.4 is 15.5 Å². The summed E-state index contributed by atoms with van der Waals surface area (Å²) in [7, 11) is 0. The van der Waals surface area contributed by atoms with E-state index >= 15 is 0 Å². The third-order valence-electron chi connectivity index (χ3n) is 6.53. The van der Waals surface area contributed by atoms with Crippen LogP contribution in [0.5, 0.6) is 0 Å². The SMILES string of the molecule is CCNC(=NCC(C)N1CCN(CC)CC1)NC(C)c1cccc(N2CCCC2)c1. The van der Waals surface area contributed by atoms with E-state index in [4.69, 9.17) is 4.99 Å². The number of aliphatic imine (C=N–C) groups is 1. The highest BCUT2D eigenvalue weighted by molar-refractivity contribution is 5.80. The van der Waals surface area contributed by atoms with Crippen LogP contribution in [-0.4, -0.2) is 80.7 Å². The van der Waals surface area contributed by atoms with E-state index < -0.39 is 0 Å². The number of hydrogen-bond acceptors (Lipinski definition) is 4. The van der Waals surface area contributed by atoms with E-state index in [2.05, 4.69) is 77.3 Å². The lowest BCUT2D eigenvalue weighted by atomic mass is 10.1. The van der Waals surface area contributed by atoms with Gasteiger partial charge in [0.05, 0.1) is 12.6 Å². The Morgan fingerprint density at radius 1 is 1.03 bits per heavy atom. The number of nitrogens with one attached hydrogen (secondary N) is 2. The van der Waals surface area contributed by atoms with Gasteiger partial charge >= 0.3 is 0 Å². The molecular weight excluding hydrogens is 372 g/mol. The summed E-state index contributed by atoms with van der Waals surface area (Å²) in [6.45, 7) is 18.8. The molecule has 168 valence electrons. The molecule has 2 atom stereocenters. The molecule has 6 nitrogen and oxygen atoms in total. The molecule has 2 saturated heterocycles. The van der Waals surface area contributed by atoms with Crippen LogP contribution in [-0.2, 0) is 0 Å². The average Bonchev–Trinajstić information content (AvgIpc) is 3.32. The summed E-state index contributed by atoms with van der Waals surface area (Å²) < 4.78 is 0. The Balaban J connectivity index is 1.57. The Hall–Kier alpha value is -1.79. The van der Waals surface area contributed by atoms with Crippen LogP contribution in [0, 0.1) is 0 Å². The Morgan fingerprint density at radius 2 is 1.77 bits per heavy atom. The zero-order chi connectivity index (χ0) is 21.3. The van der Waals surface area contributed by atoms with Crippen molar-refractivity contribution in [3.8, 4) is 0 Å². The summed E-state index contributed by atoms with van der Waals surface area (Å²) in [6, 6.07) is 9.66. The maximum absolute atomic E-state index is 4.92. The monoisotopic (exact) mass is 414 g/mol. The molecule has 2 fully saturated rings. The number of benzene rings is 1. The van der Waals surface area contributed by atoms with Crippen molar-refractivity contribution in [1.29, 1.82) is 0 Å². The van der Waals surface area contributed by atoms with Gasteiger partial charge in [-0.15, -0.1) is 0 Å². The highest BCUT2D eigenvalue weighted by atomic mass is 15.3. The molecule has 2 aliphatic heterocycles. The number of guanidine groups is 1. The molecule has 1 aromatic rings. The smallest absolute Gasteiger partial charge is 0.191 e. The van der Waals surface area contributed by atoms with E-state index in [0.717, 1.165) is 38.7 Å². The van der Waals surface area contributed by atoms with Crippen molar-refractivity contribution < 1.29 is 0 Å². The van der Waals surface area contributed by atoms with E-state index in [9.17, 15) is 0 Å². The van der Waals surface area contributed by atoms with Crippen LogP contribution in [0.1, 0.15) is 52.1 Å². The van der Waals surface area contributed by atoms with Gasteiger partial charge in [-0.1, -0.05) is 19.1 Å². The van der Waals surface area contributed by atoms with Gasteiger partial charge in [-0.25, -0.2) is 0 Å². The number of likely N-dealkylation sites (N-methyl/N-ethyl adjacent to an activating group) is 1. The number of anilines is 1. The van der Waals surface area contributed by atoms with E-state index in [-0.39, 0.29) is 6.04 Å². The summed E-state index contributed by atoms with van der Waals surface area (Å²) in [4.78, 5) is 12.5. The fourth-order valence-corrected chi connectivity index (χ4v) is 4.43. The van der Waals surface area contributed by atoms with Gasteiger partial charge in [-0.2, -0.15) is 0 Å². The molecule has 2 unspecified atom stereocenters. The summed E-state index contributed by atoms with van der Waals surface area (Å²) >= 11 is 0. The van der Waals surface area contributed by atoms with Crippen molar-refractivity contribution >= 4 is 11.6 Å². The standard InChI is InChI=1S/C24H42N6/c1-5-25-24(26-19-20(3)29-16-14-28(6-2)15-17-29)27-21(4)22-10-9-11-23(18-22)30-12-7-8-13-30/h9-11,18,20-21H,5-8,12-17,19H2,1-4H3,(H2,25,26,27). The minimum absolute atomic E-state index is 0.216. The van der Waals surface area contributed by atoms with Gasteiger partial charge in [0.1, 0.15) is 0 Å². The quantitative estimate of drug-likeness (QED) is 0.506. The Kier molecular flexibility index (Phi) is 8.82. The Labute approximate surface area is 183 Å². The average molecular weight is 415 g/mol. The molecule has 30 heavy (non-hydrogen) atoms. The van der Waals surface area contributed by atoms with Crippen molar-refractivity contribution in [3.63, 3.8) is 0 Å². The predicted molar refractivity (Wildman–Crippen MR) is 129 cm³/mol. The van der Waals surface area contributed by atoms with Crippen LogP contribution in [0.25, 0.3) is 0 Å². The zero-order valence-corrected chi connectivity index (χ0v) is 19.5. The topological polar surface area (TPSA) is 46.1 Å². The van der Waals surface area contributed by atoms with Gasteiger partial charge in [-0.3, -0.25) is 9.89 Å². The lowest BCUT2D eigenvalue weighted by Crippen LogP contribution is -2.50. The van der Waals surface area contributed by atoms with Crippen LogP contribution in [0.2, 0.25) is 0 Å². The molecule has 0 amide bonds. The highest BCUT2D eigenvalue weighted by Gasteiger charge is 2.20. The molecule has 0 bridgehead atoms. The fraction of sp³-hybridized carbons (Fsp3) is 0.708. The van der Waals surface area contributed by atoms with Crippen LogP contribution in [0.15, 0.2) is 29.3 Å². The Morgan fingerprint density at radius 3 is 2.43 bits per heavy atom. The third-order valence-corrected chi connectivity index (χ3v) is 6.53. The van der Waals surface area contributed by atoms with E-state index in [1.54, 1.807) is 0 Å². The molecule has 0 aliphatic carbocycles. The van der Waals surface area contributed by atoms with Gasteiger partial charge in [0.2, 0.25) is 0 Å². The molecule has 2 aliphatic rings. The van der Waals surface area contributed by atoms with Crippen LogP contribution in [0.4, 0.5) is 5.69 Å². The first kappa shape index (κ1) is 22.9. The van der Waals surface area contributed by atoms with Crippen molar-refractivity contribution in [3.05, 3.63) is 29.8 Å². The highest BCUT2D eigenvalue weighted by Crippen LogP contribution is 2.24. The van der Waals surface area contributed by atoms with Gasteiger partial charge in [0, 0.05) is 57.5 Å². The number of piperazine rings is 1. The van der Waals surface area contributed by atoms with Gasteiger partial charge in [0.15, 0.2) is 5.96 Å². The van der Waals surface area contributed by atoms with Crippen molar-refractivity contribution in [2.24, 2.45) is 4.99 Å². The lowest BCUT2D eigenvalue weighted by Gasteiger charge is -2.37. The fourth-order valence-electron chi connectivity index (χ4n) is 4.43. The zero-order valence-electron chi connectivity index (χ0n) is 19.5. The second kappa shape index (κ2) is 11.6. The predicted octanol–water partition coefficient (Wildman–Crippen LogP) is 2.93. The normalized spacial score (nSPS) is 20.9. The Bertz CT molecular complexity index is 661. The van der Waals surface area contributed by atoms with E-state index in [0.29, 0.717) is 6.04 Å². The first-order chi connectivity index (χ1) is 14.6. The molecule has 0 aromatic heterocycles. The molecule has 2 heterocycles. The maximum Gasteiger partial charge on any atom is 0.191 e. The van der Waals surface area contributed by atoms with E-state index in [1.807, 2.05) is 0 Å². The van der Waals surface area contributed by atoms with Crippen molar-refractivity contribution in [2.75, 3.05) is 63.8 Å². The molecule has 1 aromatic carbocycles. The molecule has 0 saturated carbocycles. The minimum Gasteiger partial charge on any atom is -0.372 e. The van der Waals surface area contributed by atoms with E-state index in [1.165, 1.54) is 50.3 Å². The number of rotatable bonds is 8. The second-order valence-corrected chi connectivity index (χ2v) is 8.69. The van der Waals surface area contributed by atoms with Crippen LogP contribution in [0.3, 0.4) is 0 Å². The summed E-state index contributed by atoms with van der Waals surface area (Å²) in [5, 5.41) is 7.05. The number of hydrogen-bond donors (Lipinski definition) is 2. The summed E-state index contributed by atoms with van der Waals surface area (Å²) in [5.41, 5.74) is 2.66. The van der Waals surface area contributed by atoms with Crippen LogP contribution >= 0.6 is 0 Å². The van der Waals surface area contributed by atoms with Gasteiger partial charge in [0.25, 0.3) is 0 Å². The summed E-state index contributed by atoms with van der Waals surface area (Å²) in [5.74, 6) is 0.913. The lowest BCUT2D eigenvalue weighted by molar-refractivity contribution is 0.109. The third kappa shape index (κ3) is 6.35. The molecule has 0 spiro atoms. The largest absolute Gasteiger partial charge is 0.372 e. The molecular formula is C24H42N6. The minimum atomic E-state index is 0.216. The summed E-state index contributed by atoms with van der Waals surface area (Å²) in [6.07, 6.45) is 2.61. The molecule has 6 heteroatoms. The maximum atomic E-state index is 4.92. The number of nitrogens with zero attached hydrogens (tertiary/aromatic N) is 4. The van der Waals surface area contributed by atoms with Gasteiger partial charge in [-0.05, 0) is 57.9 Å². The molecule has 0 radical (unpaired) electrons. The first-order valence-corrected chi connectivity index (χ1v) is 12.0. The van der Waals surface area contributed by atoms with Crippen molar-refractivity contribution in [1.82, 2.24) is 20.4 Å². The second-order valence-electron chi connectivity index (χ2n) is 8.69. The first-order valence-electron chi connectivity index (χ1n) is 12.0.